The van der Waals surface area contributed by atoms with E-state index in [1.54, 1.807) is 12.1 Å². The van der Waals surface area contributed by atoms with Crippen LogP contribution in [0.4, 0.5) is 5.69 Å². The monoisotopic (exact) mass is 311 g/mol. The van der Waals surface area contributed by atoms with E-state index in [-0.39, 0.29) is 4.90 Å². The first-order chi connectivity index (χ1) is 9.88. The van der Waals surface area contributed by atoms with Gasteiger partial charge >= 0.3 is 0 Å². The molecule has 1 fully saturated rings. The molecule has 1 aliphatic heterocycles. The molecule has 1 aromatic rings. The van der Waals surface area contributed by atoms with Crippen molar-refractivity contribution in [1.29, 1.82) is 0 Å². The summed E-state index contributed by atoms with van der Waals surface area (Å²) < 4.78 is 22.6. The van der Waals surface area contributed by atoms with Crippen LogP contribution in [0.1, 0.15) is 26.7 Å². The molecule has 0 radical (unpaired) electrons. The normalized spacial score (nSPS) is 17.1. The van der Waals surface area contributed by atoms with Crippen LogP contribution in [0.2, 0.25) is 0 Å². The fourth-order valence-corrected chi connectivity index (χ4v) is 3.30. The number of nitrogens with one attached hydrogen (secondary N) is 1. The molecule has 2 rings (SSSR count). The van der Waals surface area contributed by atoms with Gasteiger partial charge < -0.3 is 10.2 Å². The van der Waals surface area contributed by atoms with Gasteiger partial charge in [0.05, 0.1) is 4.90 Å². The summed E-state index contributed by atoms with van der Waals surface area (Å²) in [6.07, 6.45) is 2.39. The van der Waals surface area contributed by atoms with Crippen LogP contribution in [0.25, 0.3) is 0 Å². The zero-order valence-electron chi connectivity index (χ0n) is 12.7. The van der Waals surface area contributed by atoms with Gasteiger partial charge in [0.15, 0.2) is 0 Å². The number of anilines is 1. The van der Waals surface area contributed by atoms with Gasteiger partial charge in [-0.1, -0.05) is 0 Å². The van der Waals surface area contributed by atoms with Crippen LogP contribution >= 0.6 is 0 Å². The van der Waals surface area contributed by atoms with Crippen molar-refractivity contribution in [2.45, 2.75) is 37.6 Å². The van der Waals surface area contributed by atoms with Crippen molar-refractivity contribution in [3.8, 4) is 0 Å². The standard InChI is InChI=1S/C15H25N3O2S/c1-12(2)18(11-13-7-9-17-10-8-13)14-3-5-15(6-4-14)21(16,19)20/h3-6,12-13,17H,7-11H2,1-2H3,(H2,16,19,20). The van der Waals surface area contributed by atoms with Crippen molar-refractivity contribution in [1.82, 2.24) is 5.32 Å². The van der Waals surface area contributed by atoms with Crippen molar-refractivity contribution in [3.05, 3.63) is 24.3 Å². The lowest BCUT2D eigenvalue weighted by Crippen LogP contribution is -2.39. The molecule has 0 bridgehead atoms. The minimum atomic E-state index is -3.62. The van der Waals surface area contributed by atoms with E-state index in [2.05, 4.69) is 24.1 Å². The van der Waals surface area contributed by atoms with E-state index < -0.39 is 10.0 Å². The molecule has 0 amide bonds. The Hall–Kier alpha value is -1.11. The zero-order chi connectivity index (χ0) is 15.5. The van der Waals surface area contributed by atoms with E-state index in [9.17, 15) is 8.42 Å². The maximum Gasteiger partial charge on any atom is 0.238 e. The van der Waals surface area contributed by atoms with E-state index in [1.165, 1.54) is 12.8 Å². The molecule has 0 saturated carbocycles. The number of sulfonamides is 1. The quantitative estimate of drug-likeness (QED) is 0.865. The third-order valence-electron chi connectivity index (χ3n) is 4.03. The van der Waals surface area contributed by atoms with Crippen LogP contribution < -0.4 is 15.4 Å². The van der Waals surface area contributed by atoms with E-state index in [0.29, 0.717) is 12.0 Å². The Labute approximate surface area is 127 Å². The van der Waals surface area contributed by atoms with Crippen LogP contribution in [0.15, 0.2) is 29.2 Å². The first kappa shape index (κ1) is 16.3. The van der Waals surface area contributed by atoms with Gasteiger partial charge in [0, 0.05) is 18.3 Å². The first-order valence-electron chi connectivity index (χ1n) is 7.48. The third kappa shape index (κ3) is 4.43. The summed E-state index contributed by atoms with van der Waals surface area (Å²) in [5.41, 5.74) is 1.05. The zero-order valence-corrected chi connectivity index (χ0v) is 13.6. The Kier molecular flexibility index (Phi) is 5.24. The number of nitrogens with zero attached hydrogens (tertiary/aromatic N) is 1. The molecular weight excluding hydrogens is 286 g/mol. The predicted molar refractivity (Wildman–Crippen MR) is 85.9 cm³/mol. The Morgan fingerprint density at radius 1 is 1.24 bits per heavy atom. The number of hydrogen-bond donors (Lipinski definition) is 2. The van der Waals surface area contributed by atoms with Crippen LogP contribution in [0, 0.1) is 5.92 Å². The molecule has 118 valence electrons. The van der Waals surface area contributed by atoms with Gasteiger partial charge in [-0.3, -0.25) is 0 Å². The maximum atomic E-state index is 11.3. The fraction of sp³-hybridized carbons (Fsp3) is 0.600. The molecule has 0 aromatic heterocycles. The van der Waals surface area contributed by atoms with Crippen LogP contribution in [-0.2, 0) is 10.0 Å². The molecule has 0 atom stereocenters. The Balaban J connectivity index is 2.14. The Bertz CT molecular complexity index is 549. The molecule has 21 heavy (non-hydrogen) atoms. The highest BCUT2D eigenvalue weighted by Crippen LogP contribution is 2.23. The molecule has 0 unspecified atom stereocenters. The summed E-state index contributed by atoms with van der Waals surface area (Å²) in [7, 11) is -3.62. The topological polar surface area (TPSA) is 75.4 Å². The number of piperidine rings is 1. The van der Waals surface area contributed by atoms with Gasteiger partial charge in [-0.25, -0.2) is 13.6 Å². The molecule has 0 aliphatic carbocycles. The highest BCUT2D eigenvalue weighted by Gasteiger charge is 2.19. The number of benzene rings is 1. The van der Waals surface area contributed by atoms with Crippen molar-refractivity contribution >= 4 is 15.7 Å². The molecule has 1 saturated heterocycles. The first-order valence-corrected chi connectivity index (χ1v) is 9.03. The summed E-state index contributed by atoms with van der Waals surface area (Å²) in [5.74, 6) is 0.687. The molecule has 5 nitrogen and oxygen atoms in total. The van der Waals surface area contributed by atoms with Crippen LogP contribution in [-0.4, -0.2) is 34.1 Å². The minimum Gasteiger partial charge on any atom is -0.369 e. The third-order valence-corrected chi connectivity index (χ3v) is 4.96. The largest absolute Gasteiger partial charge is 0.369 e. The lowest BCUT2D eigenvalue weighted by molar-refractivity contribution is 0.368. The minimum absolute atomic E-state index is 0.164. The van der Waals surface area contributed by atoms with E-state index in [1.807, 2.05) is 12.1 Å². The van der Waals surface area contributed by atoms with Gasteiger partial charge in [0.1, 0.15) is 0 Å². The summed E-state index contributed by atoms with van der Waals surface area (Å²) >= 11 is 0. The van der Waals surface area contributed by atoms with E-state index in [4.69, 9.17) is 5.14 Å². The number of hydrogen-bond acceptors (Lipinski definition) is 4. The molecular formula is C15H25N3O2S. The summed E-state index contributed by atoms with van der Waals surface area (Å²) in [4.78, 5) is 2.50. The highest BCUT2D eigenvalue weighted by atomic mass is 32.2. The number of rotatable bonds is 5. The fourth-order valence-electron chi connectivity index (χ4n) is 2.78. The second-order valence-corrected chi connectivity index (χ2v) is 7.54. The number of nitrogens with two attached hydrogens (primary N) is 1. The van der Waals surface area contributed by atoms with E-state index in [0.717, 1.165) is 25.3 Å². The number of primary sulfonamides is 1. The van der Waals surface area contributed by atoms with Crippen molar-refractivity contribution in [3.63, 3.8) is 0 Å². The van der Waals surface area contributed by atoms with Gasteiger partial charge in [0.2, 0.25) is 10.0 Å². The van der Waals surface area contributed by atoms with Gasteiger partial charge in [-0.2, -0.15) is 0 Å². The van der Waals surface area contributed by atoms with Crippen LogP contribution in [0.5, 0.6) is 0 Å². The van der Waals surface area contributed by atoms with E-state index >= 15 is 0 Å². The summed E-state index contributed by atoms with van der Waals surface area (Å²) in [6, 6.07) is 7.24. The summed E-state index contributed by atoms with van der Waals surface area (Å²) in [6.45, 7) is 7.50. The molecule has 1 aliphatic rings. The van der Waals surface area contributed by atoms with Crippen molar-refractivity contribution in [2.75, 3.05) is 24.5 Å². The molecule has 1 heterocycles. The molecule has 0 spiro atoms. The van der Waals surface area contributed by atoms with Crippen molar-refractivity contribution in [2.24, 2.45) is 11.1 Å². The summed E-state index contributed by atoms with van der Waals surface area (Å²) in [5, 5.41) is 8.53. The van der Waals surface area contributed by atoms with Crippen LogP contribution in [0.3, 0.4) is 0 Å². The lowest BCUT2D eigenvalue weighted by Gasteiger charge is -2.34. The van der Waals surface area contributed by atoms with Gasteiger partial charge in [-0.15, -0.1) is 0 Å². The van der Waals surface area contributed by atoms with Crippen molar-refractivity contribution < 1.29 is 8.42 Å². The molecule has 3 N–H and O–H groups in total. The molecule has 6 heteroatoms. The highest BCUT2D eigenvalue weighted by molar-refractivity contribution is 7.89. The predicted octanol–water partition coefficient (Wildman–Crippen LogP) is 1.55. The maximum absolute atomic E-state index is 11.3. The smallest absolute Gasteiger partial charge is 0.238 e. The van der Waals surface area contributed by atoms with Gasteiger partial charge in [-0.05, 0) is 70.0 Å². The Morgan fingerprint density at radius 3 is 2.29 bits per heavy atom. The average Bonchev–Trinajstić information content (AvgIpc) is 2.45. The second-order valence-electron chi connectivity index (χ2n) is 5.98. The Morgan fingerprint density at radius 2 is 1.81 bits per heavy atom. The van der Waals surface area contributed by atoms with Gasteiger partial charge in [0.25, 0.3) is 0 Å². The average molecular weight is 311 g/mol. The second kappa shape index (κ2) is 6.77. The lowest BCUT2D eigenvalue weighted by atomic mass is 9.96. The molecule has 1 aromatic carbocycles. The SMILES string of the molecule is CC(C)N(CC1CCNCC1)c1ccc(S(N)(=O)=O)cc1.